The normalized spacial score (nSPS) is 17.8. The molecule has 0 aliphatic carbocycles. The van der Waals surface area contributed by atoms with Gasteiger partial charge in [-0.1, -0.05) is 6.07 Å². The third kappa shape index (κ3) is 2.54. The van der Waals surface area contributed by atoms with E-state index >= 15 is 0 Å². The van der Waals surface area contributed by atoms with Crippen LogP contribution in [0, 0.1) is 6.92 Å². The standard InChI is InChI=1S/C16H18N4OS/c1-11-2-3-13-14(6-11)20-12(9-21-10-15(20)19-13)7-17-8-16-18-4-5-22-16/h2-6,12,17H,7-10H2,1H3. The third-order valence-electron chi connectivity index (χ3n) is 3.96. The molecule has 0 bridgehead atoms. The molecule has 114 valence electrons. The number of rotatable bonds is 4. The zero-order valence-electron chi connectivity index (χ0n) is 12.5. The Hall–Kier alpha value is -1.76. The van der Waals surface area contributed by atoms with E-state index < -0.39 is 0 Å². The van der Waals surface area contributed by atoms with Crippen LogP contribution in [0.3, 0.4) is 0 Å². The van der Waals surface area contributed by atoms with E-state index in [1.165, 1.54) is 11.1 Å². The number of aryl methyl sites for hydroxylation is 1. The summed E-state index contributed by atoms with van der Waals surface area (Å²) >= 11 is 1.68. The Morgan fingerprint density at radius 3 is 3.27 bits per heavy atom. The highest BCUT2D eigenvalue weighted by atomic mass is 32.1. The molecule has 0 radical (unpaired) electrons. The fourth-order valence-electron chi connectivity index (χ4n) is 2.96. The summed E-state index contributed by atoms with van der Waals surface area (Å²) in [5.74, 6) is 1.02. The van der Waals surface area contributed by atoms with Crippen LogP contribution in [0.15, 0.2) is 29.8 Å². The molecule has 3 heterocycles. The largest absolute Gasteiger partial charge is 0.371 e. The highest BCUT2D eigenvalue weighted by Gasteiger charge is 2.23. The van der Waals surface area contributed by atoms with Gasteiger partial charge < -0.3 is 14.6 Å². The zero-order valence-corrected chi connectivity index (χ0v) is 13.3. The second-order valence-corrected chi connectivity index (χ2v) is 6.60. The van der Waals surface area contributed by atoms with Gasteiger partial charge in [0, 0.05) is 24.7 Å². The summed E-state index contributed by atoms with van der Waals surface area (Å²) < 4.78 is 8.05. The minimum absolute atomic E-state index is 0.274. The number of nitrogens with one attached hydrogen (secondary N) is 1. The molecule has 1 unspecified atom stereocenters. The van der Waals surface area contributed by atoms with Crippen LogP contribution in [0.1, 0.15) is 22.4 Å². The number of fused-ring (bicyclic) bond motifs is 3. The number of nitrogens with zero attached hydrogens (tertiary/aromatic N) is 3. The molecule has 0 spiro atoms. The van der Waals surface area contributed by atoms with Crippen molar-refractivity contribution < 1.29 is 4.74 Å². The summed E-state index contributed by atoms with van der Waals surface area (Å²) in [6.45, 7) is 5.09. The lowest BCUT2D eigenvalue weighted by molar-refractivity contribution is 0.0564. The molecule has 1 N–H and O–H groups in total. The van der Waals surface area contributed by atoms with Crippen molar-refractivity contribution in [3.8, 4) is 0 Å². The first-order valence-electron chi connectivity index (χ1n) is 7.45. The second-order valence-electron chi connectivity index (χ2n) is 5.62. The highest BCUT2D eigenvalue weighted by Crippen LogP contribution is 2.26. The van der Waals surface area contributed by atoms with Gasteiger partial charge in [-0.05, 0) is 24.6 Å². The van der Waals surface area contributed by atoms with Crippen molar-refractivity contribution in [1.82, 2.24) is 19.9 Å². The lowest BCUT2D eigenvalue weighted by atomic mass is 10.2. The highest BCUT2D eigenvalue weighted by molar-refractivity contribution is 7.09. The molecule has 0 amide bonds. The van der Waals surface area contributed by atoms with Gasteiger partial charge >= 0.3 is 0 Å². The Labute approximate surface area is 133 Å². The van der Waals surface area contributed by atoms with E-state index in [0.717, 1.165) is 36.0 Å². The fourth-order valence-corrected chi connectivity index (χ4v) is 3.55. The van der Waals surface area contributed by atoms with E-state index in [4.69, 9.17) is 9.72 Å². The Balaban J connectivity index is 1.58. The molecule has 1 atom stereocenters. The first kappa shape index (κ1) is 13.9. The van der Waals surface area contributed by atoms with Crippen LogP contribution in [0.4, 0.5) is 0 Å². The minimum Gasteiger partial charge on any atom is -0.371 e. The van der Waals surface area contributed by atoms with Gasteiger partial charge in [-0.15, -0.1) is 11.3 Å². The molecule has 5 nitrogen and oxygen atoms in total. The topological polar surface area (TPSA) is 52.0 Å². The third-order valence-corrected chi connectivity index (χ3v) is 4.74. The Morgan fingerprint density at radius 1 is 1.45 bits per heavy atom. The summed E-state index contributed by atoms with van der Waals surface area (Å²) in [5, 5.41) is 6.61. The molecule has 6 heteroatoms. The lowest BCUT2D eigenvalue weighted by Crippen LogP contribution is -2.32. The predicted octanol–water partition coefficient (Wildman–Crippen LogP) is 2.66. The number of thiazole rings is 1. The van der Waals surface area contributed by atoms with Crippen molar-refractivity contribution in [2.75, 3.05) is 13.2 Å². The molecular weight excluding hydrogens is 296 g/mol. The maximum absolute atomic E-state index is 5.72. The molecule has 4 rings (SSSR count). The van der Waals surface area contributed by atoms with Crippen molar-refractivity contribution in [1.29, 1.82) is 0 Å². The molecule has 0 fully saturated rings. The van der Waals surface area contributed by atoms with Gasteiger partial charge in [-0.3, -0.25) is 0 Å². The van der Waals surface area contributed by atoms with Crippen molar-refractivity contribution in [2.45, 2.75) is 26.1 Å². The summed E-state index contributed by atoms with van der Waals surface area (Å²) in [5.41, 5.74) is 3.52. The van der Waals surface area contributed by atoms with Crippen LogP contribution >= 0.6 is 11.3 Å². The number of aromatic nitrogens is 3. The molecular formula is C16H18N4OS. The van der Waals surface area contributed by atoms with Crippen LogP contribution in [0.25, 0.3) is 11.0 Å². The molecule has 1 aliphatic rings. The molecule has 1 aromatic carbocycles. The van der Waals surface area contributed by atoms with Gasteiger partial charge in [0.05, 0.1) is 23.7 Å². The van der Waals surface area contributed by atoms with Gasteiger partial charge in [0.2, 0.25) is 0 Å². The van der Waals surface area contributed by atoms with Crippen molar-refractivity contribution in [2.24, 2.45) is 0 Å². The molecule has 2 aromatic heterocycles. The van der Waals surface area contributed by atoms with E-state index in [2.05, 4.69) is 40.0 Å². The summed E-state index contributed by atoms with van der Waals surface area (Å²) in [6, 6.07) is 6.69. The van der Waals surface area contributed by atoms with E-state index in [1.807, 2.05) is 11.6 Å². The smallest absolute Gasteiger partial charge is 0.136 e. The molecule has 22 heavy (non-hydrogen) atoms. The van der Waals surface area contributed by atoms with Crippen LogP contribution in [-0.2, 0) is 17.9 Å². The minimum atomic E-state index is 0.274. The number of benzene rings is 1. The molecule has 1 aliphatic heterocycles. The maximum Gasteiger partial charge on any atom is 0.136 e. The van der Waals surface area contributed by atoms with Crippen molar-refractivity contribution in [3.63, 3.8) is 0 Å². The first-order chi connectivity index (χ1) is 10.8. The number of hydrogen-bond acceptors (Lipinski definition) is 5. The van der Waals surface area contributed by atoms with Gasteiger partial charge in [-0.25, -0.2) is 9.97 Å². The lowest BCUT2D eigenvalue weighted by Gasteiger charge is -2.26. The second kappa shape index (κ2) is 5.79. The van der Waals surface area contributed by atoms with E-state index in [0.29, 0.717) is 6.61 Å². The average Bonchev–Trinajstić information content (AvgIpc) is 3.14. The number of ether oxygens (including phenoxy) is 1. The summed E-state index contributed by atoms with van der Waals surface area (Å²) in [7, 11) is 0. The number of hydrogen-bond donors (Lipinski definition) is 1. The van der Waals surface area contributed by atoms with Gasteiger partial charge in [0.1, 0.15) is 17.4 Å². The predicted molar refractivity (Wildman–Crippen MR) is 87.0 cm³/mol. The summed E-state index contributed by atoms with van der Waals surface area (Å²) in [4.78, 5) is 9.00. The SMILES string of the molecule is Cc1ccc2nc3n(c2c1)C(CNCc1nccs1)COC3. The van der Waals surface area contributed by atoms with Gasteiger partial charge in [0.15, 0.2) is 0 Å². The Morgan fingerprint density at radius 2 is 2.41 bits per heavy atom. The van der Waals surface area contributed by atoms with Gasteiger partial charge in [-0.2, -0.15) is 0 Å². The Kier molecular flexibility index (Phi) is 3.65. The quantitative estimate of drug-likeness (QED) is 0.804. The van der Waals surface area contributed by atoms with E-state index in [1.54, 1.807) is 11.3 Å². The fraction of sp³-hybridized carbons (Fsp3) is 0.375. The monoisotopic (exact) mass is 314 g/mol. The zero-order chi connectivity index (χ0) is 14.9. The molecule has 3 aromatic rings. The average molecular weight is 314 g/mol. The maximum atomic E-state index is 5.72. The molecule has 0 saturated carbocycles. The van der Waals surface area contributed by atoms with Crippen molar-refractivity contribution >= 4 is 22.4 Å². The molecule has 0 saturated heterocycles. The van der Waals surface area contributed by atoms with E-state index in [-0.39, 0.29) is 6.04 Å². The van der Waals surface area contributed by atoms with Gasteiger partial charge in [0.25, 0.3) is 0 Å². The van der Waals surface area contributed by atoms with Crippen molar-refractivity contribution in [3.05, 3.63) is 46.2 Å². The first-order valence-corrected chi connectivity index (χ1v) is 8.33. The van der Waals surface area contributed by atoms with Crippen LogP contribution in [0.2, 0.25) is 0 Å². The van der Waals surface area contributed by atoms with Crippen LogP contribution in [0.5, 0.6) is 0 Å². The van der Waals surface area contributed by atoms with Crippen LogP contribution in [-0.4, -0.2) is 27.7 Å². The Bertz CT molecular complexity index is 781. The number of imidazole rings is 1. The summed E-state index contributed by atoms with van der Waals surface area (Å²) in [6.07, 6.45) is 1.84. The van der Waals surface area contributed by atoms with E-state index in [9.17, 15) is 0 Å². The van der Waals surface area contributed by atoms with Crippen LogP contribution < -0.4 is 5.32 Å².